The van der Waals surface area contributed by atoms with E-state index in [4.69, 9.17) is 9.47 Å². The van der Waals surface area contributed by atoms with E-state index in [1.165, 1.54) is 109 Å². The molecule has 274 valence electrons. The number of benzene rings is 1. The van der Waals surface area contributed by atoms with Gasteiger partial charge in [0.25, 0.3) is 10.1 Å². The molecule has 0 atom stereocenters. The molecule has 8 heteroatoms. The molecule has 0 saturated heterocycles. The maximum Gasteiger partial charge on any atom is 0.339 e. The molecule has 48 heavy (non-hydrogen) atoms. The number of carbonyl (C=O) groups excluding carboxylic acids is 2. The smallest absolute Gasteiger partial charge is 0.339 e. The van der Waals surface area contributed by atoms with Crippen molar-refractivity contribution in [1.29, 1.82) is 0 Å². The highest BCUT2D eigenvalue weighted by atomic mass is 32.2. The molecule has 0 aliphatic carbocycles. The summed E-state index contributed by atoms with van der Waals surface area (Å²) in [5.74, 6) is -1.51. The molecule has 0 aliphatic rings. The summed E-state index contributed by atoms with van der Waals surface area (Å²) in [6.45, 7) is 4.78. The van der Waals surface area contributed by atoms with E-state index in [9.17, 15) is 22.6 Å². The van der Waals surface area contributed by atoms with Gasteiger partial charge in [-0.15, -0.1) is 0 Å². The lowest BCUT2D eigenvalue weighted by molar-refractivity contribution is 0.0450. The number of rotatable bonds is 31. The summed E-state index contributed by atoms with van der Waals surface area (Å²) in [5.41, 5.74) is -0.279. The third-order valence-electron chi connectivity index (χ3n) is 8.47. The van der Waals surface area contributed by atoms with Gasteiger partial charge in [0.15, 0.2) is 0 Å². The zero-order chi connectivity index (χ0) is 35.1. The lowest BCUT2D eigenvalue weighted by atomic mass is 10.1. The van der Waals surface area contributed by atoms with Crippen LogP contribution < -0.4 is 0 Å². The van der Waals surface area contributed by atoms with Crippen molar-refractivity contribution in [2.75, 3.05) is 13.2 Å². The quantitative estimate of drug-likeness (QED) is 0.0357. The van der Waals surface area contributed by atoms with Gasteiger partial charge in [-0.2, -0.15) is 8.42 Å². The number of unbranched alkanes of at least 4 members (excludes halogenated alkanes) is 20. The molecule has 0 fully saturated rings. The molecule has 0 saturated carbocycles. The molecule has 0 amide bonds. The van der Waals surface area contributed by atoms with Gasteiger partial charge in [-0.1, -0.05) is 141 Å². The minimum absolute atomic E-state index is 0.0646. The number of carbonyl (C=O) groups is 2. The topological polar surface area (TPSA) is 107 Å². The first-order chi connectivity index (χ1) is 23.3. The van der Waals surface area contributed by atoms with Crippen LogP contribution in [0.4, 0.5) is 0 Å². The zero-order valence-electron chi connectivity index (χ0n) is 30.2. The standard InChI is InChI=1S/C40H66O7S/c1-3-5-7-9-11-13-15-17-19-21-23-25-27-29-33-46-39(41)37-32-31-36(48(43,44)45)35-38(37)40(42)47-34-30-28-26-24-22-20-18-16-14-12-10-8-6-4-2/h7-10,31-32,35H,3-6,11-30,33-34H2,1-2H3,(H,43,44,45)/b9-7+,10-8+. The van der Waals surface area contributed by atoms with Crippen molar-refractivity contribution in [3.63, 3.8) is 0 Å². The highest BCUT2D eigenvalue weighted by Gasteiger charge is 2.23. The Morgan fingerprint density at radius 3 is 1.29 bits per heavy atom. The first-order valence-electron chi connectivity index (χ1n) is 19.1. The van der Waals surface area contributed by atoms with Gasteiger partial charge in [0.2, 0.25) is 0 Å². The van der Waals surface area contributed by atoms with Crippen LogP contribution >= 0.6 is 0 Å². The van der Waals surface area contributed by atoms with E-state index in [-0.39, 0.29) is 24.3 Å². The van der Waals surface area contributed by atoms with Gasteiger partial charge in [-0.25, -0.2) is 9.59 Å². The third-order valence-corrected chi connectivity index (χ3v) is 9.32. The summed E-state index contributed by atoms with van der Waals surface area (Å²) in [7, 11) is -4.56. The molecule has 1 aromatic carbocycles. The molecule has 1 rings (SSSR count). The minimum atomic E-state index is -4.56. The van der Waals surface area contributed by atoms with Crippen LogP contribution in [0.5, 0.6) is 0 Å². The largest absolute Gasteiger partial charge is 0.462 e. The molecule has 0 bridgehead atoms. The molecule has 1 N–H and O–H groups in total. The number of hydrogen-bond donors (Lipinski definition) is 1. The van der Waals surface area contributed by atoms with Crippen LogP contribution in [0.15, 0.2) is 47.4 Å². The summed E-state index contributed by atoms with van der Waals surface area (Å²) < 4.78 is 43.7. The number of esters is 2. The third kappa shape index (κ3) is 23.0. The maximum atomic E-state index is 12.9. The Hall–Kier alpha value is -2.45. The van der Waals surface area contributed by atoms with Crippen LogP contribution in [0, 0.1) is 0 Å². The van der Waals surface area contributed by atoms with Gasteiger partial charge < -0.3 is 9.47 Å². The molecule has 0 radical (unpaired) electrons. The molecular formula is C40H66O7S. The fourth-order valence-corrected chi connectivity index (χ4v) is 6.03. The van der Waals surface area contributed by atoms with E-state index in [0.717, 1.165) is 57.1 Å². The average Bonchev–Trinajstić information content (AvgIpc) is 3.07. The molecule has 0 unspecified atom stereocenters. The van der Waals surface area contributed by atoms with E-state index in [1.807, 2.05) is 0 Å². The number of ether oxygens (including phenoxy) is 2. The Morgan fingerprint density at radius 2 is 0.896 bits per heavy atom. The van der Waals surface area contributed by atoms with Gasteiger partial charge in [-0.05, 0) is 69.6 Å². The van der Waals surface area contributed by atoms with Crippen LogP contribution in [0.25, 0.3) is 0 Å². The second-order valence-corrected chi connectivity index (χ2v) is 14.3. The first kappa shape index (κ1) is 43.6. The highest BCUT2D eigenvalue weighted by Crippen LogP contribution is 2.20. The van der Waals surface area contributed by atoms with Crippen LogP contribution in [0.1, 0.15) is 189 Å². The van der Waals surface area contributed by atoms with Gasteiger partial charge in [0.05, 0.1) is 29.2 Å². The Kier molecular flexibility index (Phi) is 26.7. The minimum Gasteiger partial charge on any atom is -0.462 e. The zero-order valence-corrected chi connectivity index (χ0v) is 31.0. The van der Waals surface area contributed by atoms with Crippen molar-refractivity contribution in [3.05, 3.63) is 53.6 Å². The molecule has 0 aliphatic heterocycles. The van der Waals surface area contributed by atoms with Gasteiger partial charge in [0.1, 0.15) is 0 Å². The van der Waals surface area contributed by atoms with Gasteiger partial charge in [-0.3, -0.25) is 4.55 Å². The molecule has 0 spiro atoms. The van der Waals surface area contributed by atoms with E-state index in [1.54, 1.807) is 0 Å². The van der Waals surface area contributed by atoms with E-state index in [0.29, 0.717) is 6.42 Å². The van der Waals surface area contributed by atoms with E-state index >= 15 is 0 Å². The van der Waals surface area contributed by atoms with Crippen LogP contribution in [-0.4, -0.2) is 38.1 Å². The Balaban J connectivity index is 2.30. The summed E-state index contributed by atoms with van der Waals surface area (Å²) >= 11 is 0. The molecule has 0 aromatic heterocycles. The second kappa shape index (κ2) is 29.5. The molecule has 7 nitrogen and oxygen atoms in total. The van der Waals surface area contributed by atoms with E-state index < -0.39 is 27.0 Å². The van der Waals surface area contributed by atoms with Crippen LogP contribution in [-0.2, 0) is 19.6 Å². The fourth-order valence-electron chi connectivity index (χ4n) is 5.52. The Bertz CT molecular complexity index is 1140. The predicted octanol–water partition coefficient (Wildman–Crippen LogP) is 11.8. The molecule has 1 aromatic rings. The predicted molar refractivity (Wildman–Crippen MR) is 197 cm³/mol. The van der Waals surface area contributed by atoms with Crippen LogP contribution in [0.3, 0.4) is 0 Å². The summed E-state index contributed by atoms with van der Waals surface area (Å²) in [5, 5.41) is 0. The fraction of sp³-hybridized carbons (Fsp3) is 0.700. The van der Waals surface area contributed by atoms with Gasteiger partial charge in [0, 0.05) is 0 Å². The monoisotopic (exact) mass is 690 g/mol. The van der Waals surface area contributed by atoms with Crippen molar-refractivity contribution in [1.82, 2.24) is 0 Å². The average molecular weight is 691 g/mol. The Morgan fingerprint density at radius 1 is 0.542 bits per heavy atom. The molecular weight excluding hydrogens is 624 g/mol. The first-order valence-corrected chi connectivity index (χ1v) is 20.5. The van der Waals surface area contributed by atoms with Crippen LogP contribution in [0.2, 0.25) is 0 Å². The van der Waals surface area contributed by atoms with Gasteiger partial charge >= 0.3 is 11.9 Å². The summed E-state index contributed by atoms with van der Waals surface area (Å²) in [4.78, 5) is 25.2. The van der Waals surface area contributed by atoms with Crippen molar-refractivity contribution in [3.8, 4) is 0 Å². The normalized spacial score (nSPS) is 11.9. The van der Waals surface area contributed by atoms with Crippen molar-refractivity contribution in [2.45, 2.75) is 173 Å². The summed E-state index contributed by atoms with van der Waals surface area (Å²) in [6.07, 6.45) is 36.6. The lowest BCUT2D eigenvalue weighted by Crippen LogP contribution is -2.16. The maximum absolute atomic E-state index is 12.9. The lowest BCUT2D eigenvalue weighted by Gasteiger charge is -2.11. The van der Waals surface area contributed by atoms with Crippen molar-refractivity contribution in [2.24, 2.45) is 0 Å². The van der Waals surface area contributed by atoms with E-state index in [2.05, 4.69) is 38.2 Å². The van der Waals surface area contributed by atoms with Crippen molar-refractivity contribution < 1.29 is 32.0 Å². The second-order valence-electron chi connectivity index (χ2n) is 12.9. The highest BCUT2D eigenvalue weighted by molar-refractivity contribution is 7.85. The van der Waals surface area contributed by atoms with Crippen molar-refractivity contribution >= 4 is 22.1 Å². The number of hydrogen-bond acceptors (Lipinski definition) is 6. The number of allylic oxidation sites excluding steroid dienone is 4. The molecule has 0 heterocycles. The summed E-state index contributed by atoms with van der Waals surface area (Å²) in [6, 6.07) is 3.28. The Labute approximate surface area is 293 Å². The SMILES string of the molecule is CCC/C=C/CCCCCCCCCCCOC(=O)c1ccc(S(=O)(=O)O)cc1C(=O)OCCCCCCCCCCC/C=C/CCC.